The molecule has 0 radical (unpaired) electrons. The molecule has 120 valence electrons. The van der Waals surface area contributed by atoms with Crippen LogP contribution in [0.1, 0.15) is 17.5 Å². The number of carboxylic acids is 2. The zero-order valence-electron chi connectivity index (χ0n) is 12.5. The van der Waals surface area contributed by atoms with Crippen LogP contribution < -0.4 is 0 Å². The molecular formula is C18H18O5. The van der Waals surface area contributed by atoms with Crippen LogP contribution >= 0.6 is 0 Å². The van der Waals surface area contributed by atoms with Crippen LogP contribution in [0.3, 0.4) is 0 Å². The maximum absolute atomic E-state index is 11.7. The zero-order chi connectivity index (χ0) is 16.7. The number of carboxylic acid groups (broad SMARTS) is 2. The third-order valence-corrected chi connectivity index (χ3v) is 3.73. The highest BCUT2D eigenvalue weighted by molar-refractivity contribution is 6.04. The Labute approximate surface area is 134 Å². The van der Waals surface area contributed by atoms with Crippen molar-refractivity contribution in [1.82, 2.24) is 0 Å². The van der Waals surface area contributed by atoms with Crippen LogP contribution in [0.5, 0.6) is 0 Å². The first-order valence-corrected chi connectivity index (χ1v) is 7.21. The maximum atomic E-state index is 11.7. The summed E-state index contributed by atoms with van der Waals surface area (Å²) in [7, 11) is 0. The second-order valence-corrected chi connectivity index (χ2v) is 5.17. The highest BCUT2D eigenvalue weighted by atomic mass is 16.5. The maximum Gasteiger partial charge on any atom is 0.325 e. The minimum atomic E-state index is -2.00. The standard InChI is InChI=1S/C18H18O5/c19-16(20)18(17(21)22,15-9-5-2-6-10-15)11-12-23-13-14-7-3-1-4-8-14/h1-10H,11-13H2,(H,19,20)(H,21,22). The summed E-state index contributed by atoms with van der Waals surface area (Å²) in [5, 5.41) is 19.1. The quantitative estimate of drug-likeness (QED) is 0.578. The van der Waals surface area contributed by atoms with E-state index in [-0.39, 0.29) is 18.6 Å². The van der Waals surface area contributed by atoms with E-state index < -0.39 is 17.4 Å². The molecule has 0 aliphatic carbocycles. The molecule has 0 amide bonds. The van der Waals surface area contributed by atoms with Crippen molar-refractivity contribution in [3.05, 3.63) is 71.8 Å². The molecule has 0 saturated carbocycles. The molecule has 0 aliphatic heterocycles. The molecule has 0 saturated heterocycles. The molecule has 0 unspecified atom stereocenters. The van der Waals surface area contributed by atoms with E-state index in [9.17, 15) is 19.8 Å². The van der Waals surface area contributed by atoms with E-state index in [0.717, 1.165) is 5.56 Å². The summed E-state index contributed by atoms with van der Waals surface area (Å²) in [5.41, 5.74) is -0.815. The number of benzene rings is 2. The third-order valence-electron chi connectivity index (χ3n) is 3.73. The molecule has 2 N–H and O–H groups in total. The fourth-order valence-electron chi connectivity index (χ4n) is 2.41. The first-order chi connectivity index (χ1) is 11.1. The molecule has 0 heterocycles. The molecule has 2 rings (SSSR count). The van der Waals surface area contributed by atoms with Gasteiger partial charge in [0.1, 0.15) is 0 Å². The molecule has 2 aromatic carbocycles. The second kappa shape index (κ2) is 7.56. The first-order valence-electron chi connectivity index (χ1n) is 7.21. The molecule has 0 bridgehead atoms. The van der Waals surface area contributed by atoms with Gasteiger partial charge >= 0.3 is 11.9 Å². The lowest BCUT2D eigenvalue weighted by Crippen LogP contribution is -2.44. The smallest absolute Gasteiger partial charge is 0.325 e. The first kappa shape index (κ1) is 16.7. The van der Waals surface area contributed by atoms with Gasteiger partial charge in [-0.3, -0.25) is 9.59 Å². The number of ether oxygens (including phenoxy) is 1. The molecular weight excluding hydrogens is 296 g/mol. The number of rotatable bonds is 8. The van der Waals surface area contributed by atoms with Crippen molar-refractivity contribution in [2.75, 3.05) is 6.61 Å². The lowest BCUT2D eigenvalue weighted by molar-refractivity contribution is -0.159. The normalized spacial score (nSPS) is 11.1. The average Bonchev–Trinajstić information content (AvgIpc) is 2.56. The van der Waals surface area contributed by atoms with Gasteiger partial charge in [-0.05, 0) is 11.1 Å². The van der Waals surface area contributed by atoms with E-state index in [1.807, 2.05) is 30.3 Å². The van der Waals surface area contributed by atoms with Crippen molar-refractivity contribution >= 4 is 11.9 Å². The minimum absolute atomic E-state index is 0.0301. The Morgan fingerprint density at radius 3 is 1.91 bits per heavy atom. The Morgan fingerprint density at radius 2 is 1.39 bits per heavy atom. The van der Waals surface area contributed by atoms with E-state index in [1.54, 1.807) is 18.2 Å². The summed E-state index contributed by atoms with van der Waals surface area (Å²) < 4.78 is 5.47. The minimum Gasteiger partial charge on any atom is -0.480 e. The van der Waals surface area contributed by atoms with Crippen molar-refractivity contribution in [1.29, 1.82) is 0 Å². The number of aliphatic carboxylic acids is 2. The SMILES string of the molecule is O=C(O)C(CCOCc1ccccc1)(C(=O)O)c1ccccc1. The lowest BCUT2D eigenvalue weighted by atomic mass is 9.78. The van der Waals surface area contributed by atoms with Gasteiger partial charge in [0.2, 0.25) is 0 Å². The van der Waals surface area contributed by atoms with Gasteiger partial charge in [-0.1, -0.05) is 60.7 Å². The van der Waals surface area contributed by atoms with Crippen LogP contribution in [-0.4, -0.2) is 28.8 Å². The number of hydrogen-bond acceptors (Lipinski definition) is 3. The monoisotopic (exact) mass is 314 g/mol. The van der Waals surface area contributed by atoms with E-state index >= 15 is 0 Å². The van der Waals surface area contributed by atoms with E-state index in [0.29, 0.717) is 6.61 Å². The van der Waals surface area contributed by atoms with Gasteiger partial charge in [0.15, 0.2) is 5.41 Å². The highest BCUT2D eigenvalue weighted by Gasteiger charge is 2.47. The highest BCUT2D eigenvalue weighted by Crippen LogP contribution is 2.29. The largest absolute Gasteiger partial charge is 0.480 e. The molecule has 0 atom stereocenters. The van der Waals surface area contributed by atoms with Crippen molar-refractivity contribution in [2.24, 2.45) is 0 Å². The summed E-state index contributed by atoms with van der Waals surface area (Å²) in [6.07, 6.45) is -0.144. The molecule has 5 heteroatoms. The van der Waals surface area contributed by atoms with E-state index in [4.69, 9.17) is 4.74 Å². The van der Waals surface area contributed by atoms with E-state index in [2.05, 4.69) is 0 Å². The van der Waals surface area contributed by atoms with Crippen LogP contribution in [0.2, 0.25) is 0 Å². The predicted molar refractivity (Wildman–Crippen MR) is 84.1 cm³/mol. The van der Waals surface area contributed by atoms with Crippen molar-refractivity contribution < 1.29 is 24.5 Å². The van der Waals surface area contributed by atoms with E-state index in [1.165, 1.54) is 12.1 Å². The van der Waals surface area contributed by atoms with Crippen LogP contribution in [0.15, 0.2) is 60.7 Å². The molecule has 0 aliphatic rings. The molecule has 0 fully saturated rings. The lowest BCUT2D eigenvalue weighted by Gasteiger charge is -2.25. The molecule has 0 spiro atoms. The Hall–Kier alpha value is -2.66. The molecule has 5 nitrogen and oxygen atoms in total. The summed E-state index contributed by atoms with van der Waals surface area (Å²) >= 11 is 0. The summed E-state index contributed by atoms with van der Waals surface area (Å²) in [6.45, 7) is 0.341. The predicted octanol–water partition coefficient (Wildman–Crippen LogP) is 2.70. The van der Waals surface area contributed by atoms with Gasteiger partial charge in [-0.25, -0.2) is 0 Å². The summed E-state index contributed by atoms with van der Waals surface area (Å²) in [5.74, 6) is -2.78. The van der Waals surface area contributed by atoms with Gasteiger partial charge in [0.05, 0.1) is 6.61 Å². The number of hydrogen-bond donors (Lipinski definition) is 2. The summed E-state index contributed by atoms with van der Waals surface area (Å²) in [6, 6.07) is 17.4. The summed E-state index contributed by atoms with van der Waals surface area (Å²) in [4.78, 5) is 23.4. The fourth-order valence-corrected chi connectivity index (χ4v) is 2.41. The van der Waals surface area contributed by atoms with Crippen LogP contribution in [-0.2, 0) is 26.3 Å². The fraction of sp³-hybridized carbons (Fsp3) is 0.222. The Bertz CT molecular complexity index is 638. The zero-order valence-corrected chi connectivity index (χ0v) is 12.5. The number of carbonyl (C=O) groups is 2. The Morgan fingerprint density at radius 1 is 0.870 bits per heavy atom. The molecule has 23 heavy (non-hydrogen) atoms. The average molecular weight is 314 g/mol. The van der Waals surface area contributed by atoms with Crippen molar-refractivity contribution in [3.8, 4) is 0 Å². The second-order valence-electron chi connectivity index (χ2n) is 5.17. The molecule has 2 aromatic rings. The topological polar surface area (TPSA) is 83.8 Å². The van der Waals surface area contributed by atoms with Crippen molar-refractivity contribution in [2.45, 2.75) is 18.4 Å². The third kappa shape index (κ3) is 3.76. The van der Waals surface area contributed by atoms with Gasteiger partial charge in [-0.15, -0.1) is 0 Å². The van der Waals surface area contributed by atoms with Crippen molar-refractivity contribution in [3.63, 3.8) is 0 Å². The Kier molecular flexibility index (Phi) is 5.49. The van der Waals surface area contributed by atoms with Crippen LogP contribution in [0.25, 0.3) is 0 Å². The van der Waals surface area contributed by atoms with Gasteiger partial charge < -0.3 is 14.9 Å². The molecule has 0 aromatic heterocycles. The van der Waals surface area contributed by atoms with Gasteiger partial charge in [0, 0.05) is 13.0 Å². The Balaban J connectivity index is 2.10. The van der Waals surface area contributed by atoms with Gasteiger partial charge in [-0.2, -0.15) is 0 Å². The van der Waals surface area contributed by atoms with Gasteiger partial charge in [0.25, 0.3) is 0 Å². The van der Waals surface area contributed by atoms with Crippen LogP contribution in [0.4, 0.5) is 0 Å². The van der Waals surface area contributed by atoms with Crippen LogP contribution in [0, 0.1) is 0 Å².